The molecule has 0 aliphatic carbocycles. The van der Waals surface area contributed by atoms with Gasteiger partial charge in [-0.3, -0.25) is 4.79 Å². The monoisotopic (exact) mass is 408 g/mol. The number of fused-ring (bicyclic) bond motifs is 1. The molecule has 28 heavy (non-hydrogen) atoms. The van der Waals surface area contributed by atoms with Gasteiger partial charge < -0.3 is 22.2 Å². The van der Waals surface area contributed by atoms with E-state index >= 15 is 0 Å². The minimum Gasteiger partial charge on any atom is -1.00 e. The number of quaternary nitrogens is 1. The molecule has 1 amide bonds. The third-order valence-corrected chi connectivity index (χ3v) is 6.62. The SMILES string of the molecule is CC(C)=CCC[C@@H](C)/C=C/C=C(\C)C(=O)NC[C@@H]1CC[N@+]2(C)CCCC[C@H]12.[Cl-]. The fourth-order valence-corrected chi connectivity index (χ4v) is 4.78. The van der Waals surface area contributed by atoms with Crippen LogP contribution >= 0.6 is 0 Å². The summed E-state index contributed by atoms with van der Waals surface area (Å²) in [7, 11) is 2.42. The Balaban J connectivity index is 0.00000392. The largest absolute Gasteiger partial charge is 1.00 e. The molecule has 0 aromatic carbocycles. The van der Waals surface area contributed by atoms with Crippen molar-refractivity contribution < 1.29 is 21.7 Å². The van der Waals surface area contributed by atoms with Crippen molar-refractivity contribution in [2.45, 2.75) is 72.3 Å². The smallest absolute Gasteiger partial charge is 0.246 e. The molecule has 2 aliphatic rings. The van der Waals surface area contributed by atoms with Gasteiger partial charge in [0.05, 0.1) is 26.2 Å². The summed E-state index contributed by atoms with van der Waals surface area (Å²) >= 11 is 0. The van der Waals surface area contributed by atoms with E-state index in [0.29, 0.717) is 11.8 Å². The number of allylic oxidation sites excluding steroid dienone is 5. The molecule has 4 heteroatoms. The van der Waals surface area contributed by atoms with E-state index < -0.39 is 0 Å². The number of nitrogens with zero attached hydrogens (tertiary/aromatic N) is 1. The first kappa shape index (κ1) is 25.0. The summed E-state index contributed by atoms with van der Waals surface area (Å²) in [6.45, 7) is 11.9. The van der Waals surface area contributed by atoms with Crippen LogP contribution in [0.1, 0.15) is 66.2 Å². The van der Waals surface area contributed by atoms with Gasteiger partial charge in [-0.2, -0.15) is 0 Å². The van der Waals surface area contributed by atoms with Gasteiger partial charge in [0.15, 0.2) is 0 Å². The predicted octanol–water partition coefficient (Wildman–Crippen LogP) is 2.01. The lowest BCUT2D eigenvalue weighted by Crippen LogP contribution is -3.00. The Morgan fingerprint density at radius 1 is 1.18 bits per heavy atom. The van der Waals surface area contributed by atoms with Crippen LogP contribution in [0.5, 0.6) is 0 Å². The van der Waals surface area contributed by atoms with Gasteiger partial charge >= 0.3 is 0 Å². The highest BCUT2D eigenvalue weighted by atomic mass is 35.5. The van der Waals surface area contributed by atoms with Crippen molar-refractivity contribution in [1.82, 2.24) is 5.32 Å². The predicted molar refractivity (Wildman–Crippen MR) is 115 cm³/mol. The molecule has 3 nitrogen and oxygen atoms in total. The molecular weight excluding hydrogens is 368 g/mol. The second-order valence-corrected chi connectivity index (χ2v) is 9.32. The zero-order valence-corrected chi connectivity index (χ0v) is 19.4. The van der Waals surface area contributed by atoms with Crippen molar-refractivity contribution in [3.05, 3.63) is 35.5 Å². The van der Waals surface area contributed by atoms with Crippen molar-refractivity contribution in [2.75, 3.05) is 26.7 Å². The van der Waals surface area contributed by atoms with Crippen molar-refractivity contribution in [1.29, 1.82) is 0 Å². The standard InChI is InChI=1S/C24H40N2O.ClH/c1-19(2)10-8-11-20(3)12-9-13-21(4)24(27)25-18-22-15-17-26(5)16-7-6-14-23(22)26;/h9-10,12-13,20,22-23H,6-8,11,14-18H2,1-5H3;1H/b12-9+,21-13+;/t20-,22+,23-,26+;/m1./s1. The third-order valence-electron chi connectivity index (χ3n) is 6.62. The number of halogens is 1. The number of nitrogens with one attached hydrogen (secondary N) is 1. The maximum atomic E-state index is 12.4. The van der Waals surface area contributed by atoms with Gasteiger partial charge in [-0.15, -0.1) is 0 Å². The number of piperidine rings is 1. The summed E-state index contributed by atoms with van der Waals surface area (Å²) in [5.41, 5.74) is 2.19. The fraction of sp³-hybridized carbons (Fsp3) is 0.708. The summed E-state index contributed by atoms with van der Waals surface area (Å²) in [4.78, 5) is 12.4. The Labute approximate surface area is 179 Å². The van der Waals surface area contributed by atoms with Crippen molar-refractivity contribution in [3.8, 4) is 0 Å². The maximum Gasteiger partial charge on any atom is 0.246 e. The first-order valence-electron chi connectivity index (χ1n) is 10.9. The fourth-order valence-electron chi connectivity index (χ4n) is 4.78. The molecule has 2 aliphatic heterocycles. The molecule has 2 fully saturated rings. The van der Waals surface area contributed by atoms with Crippen molar-refractivity contribution in [2.24, 2.45) is 11.8 Å². The number of rotatable bonds is 8. The first-order valence-corrected chi connectivity index (χ1v) is 10.9. The van der Waals surface area contributed by atoms with Crippen LogP contribution in [-0.4, -0.2) is 43.1 Å². The summed E-state index contributed by atoms with van der Waals surface area (Å²) in [5.74, 6) is 1.28. The van der Waals surface area contributed by atoms with E-state index in [9.17, 15) is 4.79 Å². The zero-order chi connectivity index (χ0) is 19.9. The number of carbonyl (C=O) groups is 1. The van der Waals surface area contributed by atoms with E-state index in [4.69, 9.17) is 0 Å². The van der Waals surface area contributed by atoms with Gasteiger partial charge in [-0.25, -0.2) is 0 Å². The van der Waals surface area contributed by atoms with Crippen molar-refractivity contribution in [3.63, 3.8) is 0 Å². The molecule has 4 atom stereocenters. The second-order valence-electron chi connectivity index (χ2n) is 9.32. The Kier molecular flexibility index (Phi) is 10.5. The number of hydrogen-bond donors (Lipinski definition) is 1. The minimum absolute atomic E-state index is 0. The highest BCUT2D eigenvalue weighted by Crippen LogP contribution is 2.36. The van der Waals surface area contributed by atoms with Gasteiger partial charge in [-0.05, 0) is 52.4 Å². The van der Waals surface area contributed by atoms with Gasteiger partial charge in [0.1, 0.15) is 0 Å². The normalized spacial score (nSPS) is 28.4. The summed E-state index contributed by atoms with van der Waals surface area (Å²) < 4.78 is 1.24. The van der Waals surface area contributed by atoms with Crippen LogP contribution in [0.4, 0.5) is 0 Å². The van der Waals surface area contributed by atoms with Crippen LogP contribution in [0.15, 0.2) is 35.5 Å². The Hall–Kier alpha value is -1.06. The molecule has 0 unspecified atom stereocenters. The van der Waals surface area contributed by atoms with Crippen molar-refractivity contribution >= 4 is 5.91 Å². The molecule has 160 valence electrons. The molecule has 0 bridgehead atoms. The van der Waals surface area contributed by atoms with Crippen LogP contribution in [0.25, 0.3) is 0 Å². The van der Waals surface area contributed by atoms with E-state index in [-0.39, 0.29) is 18.3 Å². The van der Waals surface area contributed by atoms with E-state index in [1.54, 1.807) is 0 Å². The topological polar surface area (TPSA) is 29.1 Å². The second kappa shape index (κ2) is 11.8. The van der Waals surface area contributed by atoms with E-state index in [1.165, 1.54) is 48.8 Å². The molecule has 0 spiro atoms. The molecule has 0 saturated carbocycles. The highest BCUT2D eigenvalue weighted by Gasteiger charge is 2.46. The third kappa shape index (κ3) is 7.40. The summed E-state index contributed by atoms with van der Waals surface area (Å²) in [6, 6.07) is 0.755. The van der Waals surface area contributed by atoms with Gasteiger partial charge in [0.2, 0.25) is 5.91 Å². The molecule has 1 N–H and O–H groups in total. The van der Waals surface area contributed by atoms with Crippen LogP contribution in [-0.2, 0) is 4.79 Å². The maximum absolute atomic E-state index is 12.4. The lowest BCUT2D eigenvalue weighted by Gasteiger charge is -2.41. The van der Waals surface area contributed by atoms with Crippen LogP contribution in [0, 0.1) is 11.8 Å². The lowest BCUT2D eigenvalue weighted by atomic mass is 9.92. The number of amides is 1. The average Bonchev–Trinajstić information content (AvgIpc) is 2.95. The number of hydrogen-bond acceptors (Lipinski definition) is 1. The van der Waals surface area contributed by atoms with Crippen LogP contribution in [0.3, 0.4) is 0 Å². The lowest BCUT2D eigenvalue weighted by molar-refractivity contribution is -0.927. The number of carbonyl (C=O) groups excluding carboxylic acids is 1. The molecule has 0 aromatic heterocycles. The van der Waals surface area contributed by atoms with E-state index in [2.05, 4.69) is 45.3 Å². The van der Waals surface area contributed by atoms with Gasteiger partial charge in [-0.1, -0.05) is 36.8 Å². The first-order chi connectivity index (χ1) is 12.8. The summed E-state index contributed by atoms with van der Waals surface area (Å²) in [5, 5.41) is 3.20. The summed E-state index contributed by atoms with van der Waals surface area (Å²) in [6.07, 6.45) is 16.1. The van der Waals surface area contributed by atoms with E-state index in [0.717, 1.165) is 31.0 Å². The van der Waals surface area contributed by atoms with E-state index in [1.807, 2.05) is 19.1 Å². The van der Waals surface area contributed by atoms with Crippen LogP contribution in [0.2, 0.25) is 0 Å². The zero-order valence-electron chi connectivity index (χ0n) is 18.6. The molecule has 0 aromatic rings. The molecule has 0 radical (unpaired) electrons. The molecule has 2 heterocycles. The average molecular weight is 409 g/mol. The highest BCUT2D eigenvalue weighted by molar-refractivity contribution is 5.93. The van der Waals surface area contributed by atoms with Gasteiger partial charge in [0.25, 0.3) is 0 Å². The Morgan fingerprint density at radius 3 is 2.64 bits per heavy atom. The van der Waals surface area contributed by atoms with Gasteiger partial charge in [0, 0.05) is 30.9 Å². The Bertz CT molecular complexity index is 591. The van der Waals surface area contributed by atoms with Crippen LogP contribution < -0.4 is 17.7 Å². The molecule has 2 saturated heterocycles. The molecule has 2 rings (SSSR count). The minimum atomic E-state index is 0. The quantitative estimate of drug-likeness (QED) is 0.283. The molecular formula is C24H41ClN2O. The Morgan fingerprint density at radius 2 is 1.93 bits per heavy atom.